The number of carbonyl (C=O) groups excluding carboxylic acids is 2. The molecule has 8 heteroatoms. The summed E-state index contributed by atoms with van der Waals surface area (Å²) in [7, 11) is 1.45. The summed E-state index contributed by atoms with van der Waals surface area (Å²) in [5, 5.41) is 8.62. The van der Waals surface area contributed by atoms with E-state index in [1.54, 1.807) is 36.4 Å². The van der Waals surface area contributed by atoms with Gasteiger partial charge in [0.25, 0.3) is 11.1 Å². The van der Waals surface area contributed by atoms with Crippen molar-refractivity contribution >= 4 is 50.9 Å². The van der Waals surface area contributed by atoms with Gasteiger partial charge in [-0.15, -0.1) is 0 Å². The third kappa shape index (κ3) is 4.40. The maximum atomic E-state index is 11.9. The maximum Gasteiger partial charge on any atom is 0.335 e. The highest BCUT2D eigenvalue weighted by Crippen LogP contribution is 2.33. The number of rotatable bonds is 5. The van der Waals surface area contributed by atoms with Crippen molar-refractivity contribution in [3.63, 3.8) is 0 Å². The molecule has 2 amide bonds. The van der Waals surface area contributed by atoms with Gasteiger partial charge in [-0.25, -0.2) is 4.79 Å². The Morgan fingerprint density at radius 1 is 1.22 bits per heavy atom. The molecule has 0 spiro atoms. The molecule has 0 aromatic heterocycles. The van der Waals surface area contributed by atoms with Gasteiger partial charge in [-0.3, -0.25) is 14.5 Å². The van der Waals surface area contributed by atoms with Crippen molar-refractivity contribution in [2.45, 2.75) is 6.61 Å². The summed E-state index contributed by atoms with van der Waals surface area (Å²) in [5.41, 5.74) is 1.83. The number of halogens is 1. The van der Waals surface area contributed by atoms with Gasteiger partial charge in [0.1, 0.15) is 12.4 Å². The average Bonchev–Trinajstić information content (AvgIpc) is 2.88. The fraction of sp³-hybridized carbons (Fsp3) is 0.105. The Labute approximate surface area is 167 Å². The Kier molecular flexibility index (Phi) is 5.67. The fourth-order valence-corrected chi connectivity index (χ4v) is 3.66. The van der Waals surface area contributed by atoms with Gasteiger partial charge in [0.15, 0.2) is 0 Å². The summed E-state index contributed by atoms with van der Waals surface area (Å²) in [5.74, 6) is -0.675. The van der Waals surface area contributed by atoms with E-state index >= 15 is 0 Å². The molecule has 0 aliphatic carbocycles. The van der Waals surface area contributed by atoms with Crippen LogP contribution in [0.5, 0.6) is 5.75 Å². The molecule has 1 aliphatic rings. The number of carboxylic acids is 1. The van der Waals surface area contributed by atoms with Gasteiger partial charge in [-0.1, -0.05) is 18.2 Å². The lowest BCUT2D eigenvalue weighted by Crippen LogP contribution is -2.22. The van der Waals surface area contributed by atoms with Crippen molar-refractivity contribution in [3.8, 4) is 5.75 Å². The molecule has 1 N–H and O–H groups in total. The lowest BCUT2D eigenvalue weighted by molar-refractivity contribution is -0.121. The van der Waals surface area contributed by atoms with Gasteiger partial charge in [0, 0.05) is 7.05 Å². The van der Waals surface area contributed by atoms with E-state index in [0.29, 0.717) is 15.1 Å². The second kappa shape index (κ2) is 7.98. The summed E-state index contributed by atoms with van der Waals surface area (Å²) in [6.07, 6.45) is 1.66. The van der Waals surface area contributed by atoms with E-state index < -0.39 is 5.97 Å². The highest BCUT2D eigenvalue weighted by molar-refractivity contribution is 9.10. The number of hydrogen-bond donors (Lipinski definition) is 1. The quantitative estimate of drug-likeness (QED) is 0.684. The van der Waals surface area contributed by atoms with Crippen LogP contribution in [0.4, 0.5) is 4.79 Å². The van der Waals surface area contributed by atoms with E-state index in [-0.39, 0.29) is 23.3 Å². The van der Waals surface area contributed by atoms with E-state index in [1.807, 2.05) is 0 Å². The van der Waals surface area contributed by atoms with Crippen LogP contribution in [0.1, 0.15) is 21.5 Å². The van der Waals surface area contributed by atoms with Crippen LogP contribution >= 0.6 is 27.7 Å². The standard InChI is InChI=1S/C19H14BrNO5S/c1-21-17(22)16(27-19(21)25)9-12-4-7-15(14(20)8-12)26-10-11-2-5-13(6-3-11)18(23)24/h2-9H,10H2,1H3,(H,23,24). The highest BCUT2D eigenvalue weighted by atomic mass is 79.9. The molecule has 0 radical (unpaired) electrons. The smallest absolute Gasteiger partial charge is 0.335 e. The molecule has 138 valence electrons. The minimum atomic E-state index is -0.971. The van der Waals surface area contributed by atoms with Crippen LogP contribution < -0.4 is 4.74 Å². The van der Waals surface area contributed by atoms with Gasteiger partial charge in [-0.05, 0) is 69.2 Å². The number of hydrogen-bond acceptors (Lipinski definition) is 5. The van der Waals surface area contributed by atoms with Gasteiger partial charge in [-0.2, -0.15) is 0 Å². The summed E-state index contributed by atoms with van der Waals surface area (Å²) in [6.45, 7) is 0.284. The normalized spacial score (nSPS) is 15.5. The zero-order valence-electron chi connectivity index (χ0n) is 14.1. The van der Waals surface area contributed by atoms with E-state index in [2.05, 4.69) is 15.9 Å². The molecule has 1 saturated heterocycles. The first-order valence-electron chi connectivity index (χ1n) is 7.81. The summed E-state index contributed by atoms with van der Waals surface area (Å²) < 4.78 is 6.46. The van der Waals surface area contributed by atoms with Crippen molar-refractivity contribution in [2.75, 3.05) is 7.05 Å². The van der Waals surface area contributed by atoms with Gasteiger partial charge < -0.3 is 9.84 Å². The Morgan fingerprint density at radius 3 is 2.48 bits per heavy atom. The van der Waals surface area contributed by atoms with Crippen LogP contribution in [0.15, 0.2) is 51.8 Å². The monoisotopic (exact) mass is 447 g/mol. The number of benzene rings is 2. The Bertz CT molecular complexity index is 955. The predicted molar refractivity (Wildman–Crippen MR) is 106 cm³/mol. The zero-order chi connectivity index (χ0) is 19.6. The van der Waals surface area contributed by atoms with Crippen molar-refractivity contribution in [1.29, 1.82) is 0 Å². The number of carbonyl (C=O) groups is 3. The summed E-state index contributed by atoms with van der Waals surface area (Å²) in [4.78, 5) is 35.8. The molecule has 0 atom stereocenters. The Balaban J connectivity index is 1.69. The molecule has 0 bridgehead atoms. The van der Waals surface area contributed by atoms with Gasteiger partial charge in [0.05, 0.1) is 14.9 Å². The second-order valence-electron chi connectivity index (χ2n) is 5.72. The molecule has 0 unspecified atom stereocenters. The summed E-state index contributed by atoms with van der Waals surface area (Å²) in [6, 6.07) is 11.8. The van der Waals surface area contributed by atoms with Crippen molar-refractivity contribution < 1.29 is 24.2 Å². The first-order valence-corrected chi connectivity index (χ1v) is 9.42. The van der Waals surface area contributed by atoms with Crippen LogP contribution in [0.25, 0.3) is 6.08 Å². The van der Waals surface area contributed by atoms with Gasteiger partial charge >= 0.3 is 5.97 Å². The fourth-order valence-electron chi connectivity index (χ4n) is 2.33. The first-order chi connectivity index (χ1) is 12.8. The first kappa shape index (κ1) is 19.2. The molecule has 6 nitrogen and oxygen atoms in total. The van der Waals surface area contributed by atoms with Gasteiger partial charge in [0.2, 0.25) is 0 Å². The number of ether oxygens (including phenoxy) is 1. The number of thioether (sulfide) groups is 1. The van der Waals surface area contributed by atoms with Crippen molar-refractivity contribution in [2.24, 2.45) is 0 Å². The SMILES string of the molecule is CN1C(=O)SC(=Cc2ccc(OCc3ccc(C(=O)O)cc3)c(Br)c2)C1=O. The molecular weight excluding hydrogens is 434 g/mol. The Morgan fingerprint density at radius 2 is 1.93 bits per heavy atom. The third-order valence-corrected chi connectivity index (χ3v) is 5.42. The largest absolute Gasteiger partial charge is 0.488 e. The van der Waals surface area contributed by atoms with E-state index in [4.69, 9.17) is 9.84 Å². The number of amides is 2. The maximum absolute atomic E-state index is 11.9. The van der Waals surface area contributed by atoms with E-state index in [0.717, 1.165) is 27.8 Å². The Hall–Kier alpha value is -2.58. The van der Waals surface area contributed by atoms with Crippen molar-refractivity contribution in [3.05, 3.63) is 68.5 Å². The second-order valence-corrected chi connectivity index (χ2v) is 7.57. The molecular formula is C19H14BrNO5S. The number of aromatic carboxylic acids is 1. The molecule has 1 aliphatic heterocycles. The molecule has 3 rings (SSSR count). The summed E-state index contributed by atoms with van der Waals surface area (Å²) >= 11 is 4.35. The highest BCUT2D eigenvalue weighted by Gasteiger charge is 2.31. The van der Waals surface area contributed by atoms with Crippen LogP contribution in [-0.4, -0.2) is 34.2 Å². The molecule has 2 aromatic rings. The minimum Gasteiger partial charge on any atom is -0.488 e. The third-order valence-electron chi connectivity index (χ3n) is 3.84. The topological polar surface area (TPSA) is 83.9 Å². The lowest BCUT2D eigenvalue weighted by Gasteiger charge is -2.09. The number of imide groups is 1. The van der Waals surface area contributed by atoms with Crippen LogP contribution in [0.3, 0.4) is 0 Å². The van der Waals surface area contributed by atoms with Crippen LogP contribution in [-0.2, 0) is 11.4 Å². The van der Waals surface area contributed by atoms with E-state index in [9.17, 15) is 14.4 Å². The van der Waals surface area contributed by atoms with Crippen molar-refractivity contribution in [1.82, 2.24) is 4.90 Å². The number of carboxylic acid groups (broad SMARTS) is 1. The van der Waals surface area contributed by atoms with Crippen LogP contribution in [0, 0.1) is 0 Å². The molecule has 0 saturated carbocycles. The zero-order valence-corrected chi connectivity index (χ0v) is 16.5. The average molecular weight is 448 g/mol. The predicted octanol–water partition coefficient (Wildman–Crippen LogP) is 4.39. The van der Waals surface area contributed by atoms with Crippen LogP contribution in [0.2, 0.25) is 0 Å². The number of likely N-dealkylation sites (N-methyl/N-ethyl adjacent to an activating group) is 1. The minimum absolute atomic E-state index is 0.223. The van der Waals surface area contributed by atoms with E-state index in [1.165, 1.54) is 19.2 Å². The number of nitrogens with zero attached hydrogens (tertiary/aromatic N) is 1. The molecule has 1 fully saturated rings. The molecule has 27 heavy (non-hydrogen) atoms. The molecule has 1 heterocycles. The lowest BCUT2D eigenvalue weighted by atomic mass is 10.1. The molecule has 2 aromatic carbocycles.